The summed E-state index contributed by atoms with van der Waals surface area (Å²) in [6.07, 6.45) is 75.0. The van der Waals surface area contributed by atoms with Crippen LogP contribution in [0.5, 0.6) is 0 Å². The number of unbranched alkanes of at least 4 members (excludes halogenated alkanes) is 46. The second kappa shape index (κ2) is 62.4. The van der Waals surface area contributed by atoms with Crippen molar-refractivity contribution in [2.45, 2.75) is 374 Å². The number of allylic oxidation sites excluding steroid dienone is 4. The van der Waals surface area contributed by atoms with Crippen LogP contribution in [-0.2, 0) is 28.6 Å². The van der Waals surface area contributed by atoms with Crippen LogP contribution in [0.3, 0.4) is 0 Å². The van der Waals surface area contributed by atoms with Gasteiger partial charge in [0.25, 0.3) is 0 Å². The Balaban J connectivity index is 4.08. The molecule has 0 rings (SSSR count). The predicted molar refractivity (Wildman–Crippen MR) is 316 cm³/mol. The third kappa shape index (κ3) is 60.6. The van der Waals surface area contributed by atoms with Crippen molar-refractivity contribution in [1.82, 2.24) is 0 Å². The van der Waals surface area contributed by atoms with E-state index >= 15 is 0 Å². The summed E-state index contributed by atoms with van der Waals surface area (Å²) in [5.74, 6) is -0.842. The summed E-state index contributed by atoms with van der Waals surface area (Å²) >= 11 is 0. The zero-order valence-electron chi connectivity index (χ0n) is 49.4. The van der Waals surface area contributed by atoms with Crippen molar-refractivity contribution in [2.24, 2.45) is 0 Å². The van der Waals surface area contributed by atoms with Gasteiger partial charge in [-0.1, -0.05) is 321 Å². The minimum absolute atomic E-state index is 0.0650. The highest BCUT2D eigenvalue weighted by molar-refractivity contribution is 5.71. The van der Waals surface area contributed by atoms with Gasteiger partial charge in [-0.15, -0.1) is 0 Å². The standard InChI is InChI=1S/C67H126O6/c1-4-7-10-13-16-19-21-23-25-27-29-31-32-33-34-35-36-37-39-40-42-44-46-48-51-54-57-60-66(69)72-63-64(62-71-65(68)59-56-53-50-18-15-12-9-6-3)73-67(70)61-58-55-52-49-47-45-43-41-38-30-28-26-24-22-20-17-14-11-8-5-2/h21,23,27,29,64H,4-20,22,24-26,28,30-63H2,1-3H3/b23-21-,29-27-. The van der Waals surface area contributed by atoms with E-state index in [9.17, 15) is 14.4 Å². The van der Waals surface area contributed by atoms with E-state index in [0.717, 1.165) is 64.2 Å². The fourth-order valence-electron chi connectivity index (χ4n) is 10.0. The highest BCUT2D eigenvalue weighted by atomic mass is 16.6. The third-order valence-corrected chi connectivity index (χ3v) is 15.0. The molecule has 0 aliphatic carbocycles. The molecule has 1 atom stereocenters. The Morgan fingerprint density at radius 1 is 0.274 bits per heavy atom. The van der Waals surface area contributed by atoms with Gasteiger partial charge >= 0.3 is 17.9 Å². The molecule has 0 bridgehead atoms. The highest BCUT2D eigenvalue weighted by Crippen LogP contribution is 2.18. The average Bonchev–Trinajstić information content (AvgIpc) is 3.39. The van der Waals surface area contributed by atoms with Crippen molar-refractivity contribution in [3.8, 4) is 0 Å². The third-order valence-electron chi connectivity index (χ3n) is 15.0. The van der Waals surface area contributed by atoms with Gasteiger partial charge in [0.2, 0.25) is 0 Å². The number of ether oxygens (including phenoxy) is 3. The highest BCUT2D eigenvalue weighted by Gasteiger charge is 2.19. The van der Waals surface area contributed by atoms with E-state index in [0.29, 0.717) is 19.3 Å². The van der Waals surface area contributed by atoms with Crippen LogP contribution in [0.15, 0.2) is 24.3 Å². The van der Waals surface area contributed by atoms with E-state index in [1.807, 2.05) is 0 Å². The van der Waals surface area contributed by atoms with Gasteiger partial charge in [-0.05, 0) is 51.4 Å². The van der Waals surface area contributed by atoms with Crippen LogP contribution in [0.1, 0.15) is 367 Å². The molecule has 0 heterocycles. The van der Waals surface area contributed by atoms with E-state index in [4.69, 9.17) is 14.2 Å². The summed E-state index contributed by atoms with van der Waals surface area (Å²) < 4.78 is 16.9. The first-order valence-corrected chi connectivity index (χ1v) is 32.8. The molecule has 0 N–H and O–H groups in total. The van der Waals surface area contributed by atoms with Gasteiger partial charge in [0, 0.05) is 19.3 Å². The minimum atomic E-state index is -0.765. The largest absolute Gasteiger partial charge is 0.462 e. The van der Waals surface area contributed by atoms with Gasteiger partial charge in [0.05, 0.1) is 0 Å². The Morgan fingerprint density at radius 3 is 0.753 bits per heavy atom. The van der Waals surface area contributed by atoms with Crippen molar-refractivity contribution >= 4 is 17.9 Å². The molecule has 0 fully saturated rings. The maximum absolute atomic E-state index is 12.9. The van der Waals surface area contributed by atoms with Crippen molar-refractivity contribution < 1.29 is 28.6 Å². The molecule has 6 nitrogen and oxygen atoms in total. The summed E-state index contributed by atoms with van der Waals surface area (Å²) in [6.45, 7) is 6.67. The van der Waals surface area contributed by atoms with Gasteiger partial charge in [0.15, 0.2) is 6.10 Å². The van der Waals surface area contributed by atoms with Gasteiger partial charge in [-0.25, -0.2) is 0 Å². The quantitative estimate of drug-likeness (QED) is 0.0261. The lowest BCUT2D eigenvalue weighted by Crippen LogP contribution is -2.30. The maximum atomic E-state index is 12.9. The van der Waals surface area contributed by atoms with E-state index in [-0.39, 0.29) is 31.1 Å². The molecule has 0 aliphatic heterocycles. The number of carbonyl (C=O) groups excluding carboxylic acids is 3. The van der Waals surface area contributed by atoms with E-state index < -0.39 is 6.10 Å². The summed E-state index contributed by atoms with van der Waals surface area (Å²) in [5.41, 5.74) is 0. The van der Waals surface area contributed by atoms with E-state index in [2.05, 4.69) is 45.1 Å². The van der Waals surface area contributed by atoms with Gasteiger partial charge in [0.1, 0.15) is 13.2 Å². The van der Waals surface area contributed by atoms with Crippen LogP contribution in [-0.4, -0.2) is 37.2 Å². The monoisotopic (exact) mass is 1030 g/mol. The van der Waals surface area contributed by atoms with Crippen LogP contribution in [0, 0.1) is 0 Å². The Labute approximate surface area is 455 Å². The first-order chi connectivity index (χ1) is 36.0. The van der Waals surface area contributed by atoms with Crippen molar-refractivity contribution in [3.05, 3.63) is 24.3 Å². The topological polar surface area (TPSA) is 78.9 Å². The number of rotatable bonds is 61. The Kier molecular flexibility index (Phi) is 60.6. The second-order valence-corrected chi connectivity index (χ2v) is 22.4. The first kappa shape index (κ1) is 70.9. The average molecular weight is 1030 g/mol. The predicted octanol–water partition coefficient (Wildman–Crippen LogP) is 22.2. The Bertz CT molecular complexity index is 1180. The molecule has 0 saturated carbocycles. The number of carbonyl (C=O) groups is 3. The zero-order valence-corrected chi connectivity index (χ0v) is 49.4. The fraction of sp³-hybridized carbons (Fsp3) is 0.896. The molecule has 1 unspecified atom stereocenters. The minimum Gasteiger partial charge on any atom is -0.462 e. The molecule has 6 heteroatoms. The lowest BCUT2D eigenvalue weighted by molar-refractivity contribution is -0.167. The van der Waals surface area contributed by atoms with Crippen molar-refractivity contribution in [1.29, 1.82) is 0 Å². The normalized spacial score (nSPS) is 12.1. The van der Waals surface area contributed by atoms with Crippen molar-refractivity contribution in [2.75, 3.05) is 13.2 Å². The molecule has 430 valence electrons. The van der Waals surface area contributed by atoms with Gasteiger partial charge in [-0.3, -0.25) is 14.4 Å². The smallest absolute Gasteiger partial charge is 0.306 e. The molecule has 0 aromatic carbocycles. The van der Waals surface area contributed by atoms with Gasteiger partial charge in [-0.2, -0.15) is 0 Å². The molecule has 73 heavy (non-hydrogen) atoms. The second-order valence-electron chi connectivity index (χ2n) is 22.4. The molecular formula is C67H126O6. The lowest BCUT2D eigenvalue weighted by Gasteiger charge is -2.18. The van der Waals surface area contributed by atoms with Gasteiger partial charge < -0.3 is 14.2 Å². The summed E-state index contributed by atoms with van der Waals surface area (Å²) in [7, 11) is 0. The van der Waals surface area contributed by atoms with Crippen LogP contribution < -0.4 is 0 Å². The van der Waals surface area contributed by atoms with E-state index in [1.165, 1.54) is 263 Å². The summed E-state index contributed by atoms with van der Waals surface area (Å²) in [4.78, 5) is 38.1. The molecule has 0 saturated heterocycles. The van der Waals surface area contributed by atoms with Crippen LogP contribution >= 0.6 is 0 Å². The SMILES string of the molecule is CCCCCCC/C=C\C/C=C\CCCCCCCCCCCCCCCCCC(=O)OCC(COC(=O)CCCCCCCCCC)OC(=O)CCCCCCCCCCCCCCCCCCCCCC. The molecule has 0 spiro atoms. The maximum Gasteiger partial charge on any atom is 0.306 e. The summed E-state index contributed by atoms with van der Waals surface area (Å²) in [5, 5.41) is 0. The van der Waals surface area contributed by atoms with Crippen LogP contribution in [0.4, 0.5) is 0 Å². The molecule has 0 aromatic rings. The molecule has 0 radical (unpaired) electrons. The number of esters is 3. The lowest BCUT2D eigenvalue weighted by atomic mass is 10.0. The Hall–Kier alpha value is -2.11. The first-order valence-electron chi connectivity index (χ1n) is 32.8. The number of hydrogen-bond acceptors (Lipinski definition) is 6. The molecule has 0 aromatic heterocycles. The Morgan fingerprint density at radius 2 is 0.493 bits per heavy atom. The zero-order chi connectivity index (χ0) is 52.9. The molecule has 0 aliphatic rings. The summed E-state index contributed by atoms with van der Waals surface area (Å²) in [6, 6.07) is 0. The fourth-order valence-corrected chi connectivity index (χ4v) is 10.0. The molecular weight excluding hydrogens is 901 g/mol. The molecule has 0 amide bonds. The van der Waals surface area contributed by atoms with Crippen LogP contribution in [0.2, 0.25) is 0 Å². The van der Waals surface area contributed by atoms with Crippen LogP contribution in [0.25, 0.3) is 0 Å². The van der Waals surface area contributed by atoms with E-state index in [1.54, 1.807) is 0 Å². The van der Waals surface area contributed by atoms with Crippen molar-refractivity contribution in [3.63, 3.8) is 0 Å². The number of hydrogen-bond donors (Lipinski definition) is 0.